The zero-order chi connectivity index (χ0) is 21.8. The number of halogens is 3. The molecule has 0 bridgehead atoms. The first-order valence-corrected chi connectivity index (χ1v) is 9.29. The molecule has 0 aromatic heterocycles. The first-order chi connectivity index (χ1) is 13.6. The van der Waals surface area contributed by atoms with E-state index in [1.807, 2.05) is 0 Å². The fraction of sp³-hybridized carbons (Fsp3) is 0.550. The van der Waals surface area contributed by atoms with E-state index in [1.54, 1.807) is 6.92 Å². The number of benzene rings is 1. The standard InChI is InChI=1S/C20H24F3NO5/c1-4-29-18(26)11-17(25)14-7-8-24(19(27)28-3)16(10-14)13-5-6-15(12(2)9-13)20(21,22)23/h5-6,9,14,16H,4,7-8,10-11H2,1-3H3. The van der Waals surface area contributed by atoms with E-state index in [-0.39, 0.29) is 37.3 Å². The van der Waals surface area contributed by atoms with Gasteiger partial charge < -0.3 is 14.4 Å². The molecule has 1 aromatic carbocycles. The lowest BCUT2D eigenvalue weighted by atomic mass is 9.83. The number of aryl methyl sites for hydroxylation is 1. The van der Waals surface area contributed by atoms with E-state index >= 15 is 0 Å². The molecule has 0 saturated carbocycles. The van der Waals surface area contributed by atoms with Crippen LogP contribution < -0.4 is 0 Å². The Hall–Kier alpha value is -2.58. The van der Waals surface area contributed by atoms with Crippen molar-refractivity contribution >= 4 is 17.8 Å². The fourth-order valence-corrected chi connectivity index (χ4v) is 3.62. The molecule has 1 saturated heterocycles. The Morgan fingerprint density at radius 3 is 2.48 bits per heavy atom. The van der Waals surface area contributed by atoms with Crippen LogP contribution in [0.5, 0.6) is 0 Å². The quantitative estimate of drug-likeness (QED) is 0.536. The number of esters is 1. The molecule has 1 fully saturated rings. The number of carbonyl (C=O) groups excluding carboxylic acids is 3. The maximum absolute atomic E-state index is 13.1. The third-order valence-corrected chi connectivity index (χ3v) is 5.03. The van der Waals surface area contributed by atoms with E-state index in [1.165, 1.54) is 31.1 Å². The number of carbonyl (C=O) groups is 3. The molecule has 0 aliphatic carbocycles. The highest BCUT2D eigenvalue weighted by atomic mass is 19.4. The van der Waals surface area contributed by atoms with E-state index in [2.05, 4.69) is 0 Å². The monoisotopic (exact) mass is 415 g/mol. The number of alkyl halides is 3. The van der Waals surface area contributed by atoms with Crippen molar-refractivity contribution in [3.63, 3.8) is 0 Å². The molecule has 0 radical (unpaired) electrons. The van der Waals surface area contributed by atoms with Crippen LogP contribution in [0.15, 0.2) is 18.2 Å². The molecule has 1 aromatic rings. The second kappa shape index (κ2) is 9.28. The van der Waals surface area contributed by atoms with Gasteiger partial charge in [-0.2, -0.15) is 13.2 Å². The lowest BCUT2D eigenvalue weighted by Gasteiger charge is -2.38. The molecule has 1 aliphatic rings. The minimum atomic E-state index is -4.48. The predicted octanol–water partition coefficient (Wildman–Crippen LogP) is 4.06. The Labute approximate surface area is 167 Å². The number of rotatable bonds is 5. The van der Waals surface area contributed by atoms with E-state index in [4.69, 9.17) is 9.47 Å². The van der Waals surface area contributed by atoms with Crippen LogP contribution in [0.3, 0.4) is 0 Å². The zero-order valence-electron chi connectivity index (χ0n) is 16.5. The first-order valence-electron chi connectivity index (χ1n) is 9.29. The Kier molecular flexibility index (Phi) is 7.26. The molecular formula is C20H24F3NO5. The van der Waals surface area contributed by atoms with Crippen molar-refractivity contribution in [3.05, 3.63) is 34.9 Å². The van der Waals surface area contributed by atoms with Crippen molar-refractivity contribution in [3.8, 4) is 0 Å². The van der Waals surface area contributed by atoms with Gasteiger partial charge in [-0.05, 0) is 43.9 Å². The molecule has 6 nitrogen and oxygen atoms in total. The van der Waals surface area contributed by atoms with Gasteiger partial charge in [0, 0.05) is 12.5 Å². The highest BCUT2D eigenvalue weighted by Gasteiger charge is 2.38. The number of nitrogens with zero attached hydrogens (tertiary/aromatic N) is 1. The SMILES string of the molecule is CCOC(=O)CC(=O)C1CCN(C(=O)OC)C(c2ccc(C(F)(F)F)c(C)c2)C1. The summed E-state index contributed by atoms with van der Waals surface area (Å²) in [6.07, 6.45) is -4.93. The van der Waals surface area contributed by atoms with Crippen molar-refractivity contribution in [1.29, 1.82) is 0 Å². The average molecular weight is 415 g/mol. The van der Waals surface area contributed by atoms with Gasteiger partial charge in [0.25, 0.3) is 0 Å². The number of ether oxygens (including phenoxy) is 2. The van der Waals surface area contributed by atoms with Gasteiger partial charge in [-0.15, -0.1) is 0 Å². The average Bonchev–Trinajstić information content (AvgIpc) is 2.65. The number of Topliss-reactive ketones (excluding diaryl/α,β-unsaturated/α-hetero) is 1. The topological polar surface area (TPSA) is 72.9 Å². The third-order valence-electron chi connectivity index (χ3n) is 5.03. The van der Waals surface area contributed by atoms with Crippen LogP contribution in [0, 0.1) is 12.8 Å². The second-order valence-electron chi connectivity index (χ2n) is 6.92. The van der Waals surface area contributed by atoms with Crippen LogP contribution in [-0.2, 0) is 25.2 Å². The summed E-state index contributed by atoms with van der Waals surface area (Å²) in [5, 5.41) is 0. The maximum atomic E-state index is 13.1. The van der Waals surface area contributed by atoms with Crippen molar-refractivity contribution in [1.82, 2.24) is 4.90 Å². The number of ketones is 1. The summed E-state index contributed by atoms with van der Waals surface area (Å²) in [4.78, 5) is 37.6. The maximum Gasteiger partial charge on any atom is 0.416 e. The molecule has 1 heterocycles. The highest BCUT2D eigenvalue weighted by molar-refractivity contribution is 5.97. The van der Waals surface area contributed by atoms with Crippen LogP contribution in [0.1, 0.15) is 48.9 Å². The van der Waals surface area contributed by atoms with Gasteiger partial charge in [0.15, 0.2) is 0 Å². The normalized spacial score (nSPS) is 19.6. The molecule has 2 atom stereocenters. The fourth-order valence-electron chi connectivity index (χ4n) is 3.62. The van der Waals surface area contributed by atoms with Crippen molar-refractivity contribution < 1.29 is 37.0 Å². The number of likely N-dealkylation sites (tertiary alicyclic amines) is 1. The lowest BCUT2D eigenvalue weighted by Crippen LogP contribution is -2.43. The Morgan fingerprint density at radius 1 is 1.24 bits per heavy atom. The first kappa shape index (κ1) is 22.7. The molecule has 2 rings (SSSR count). The smallest absolute Gasteiger partial charge is 0.416 e. The molecular weight excluding hydrogens is 391 g/mol. The number of amides is 1. The number of hydrogen-bond donors (Lipinski definition) is 0. The van der Waals surface area contributed by atoms with Gasteiger partial charge in [0.2, 0.25) is 0 Å². The van der Waals surface area contributed by atoms with Gasteiger partial charge in [0.1, 0.15) is 12.2 Å². The predicted molar refractivity (Wildman–Crippen MR) is 97.0 cm³/mol. The third kappa shape index (κ3) is 5.48. The molecule has 160 valence electrons. The zero-order valence-corrected chi connectivity index (χ0v) is 16.5. The summed E-state index contributed by atoms with van der Waals surface area (Å²) >= 11 is 0. The van der Waals surface area contributed by atoms with E-state index in [9.17, 15) is 27.6 Å². The van der Waals surface area contributed by atoms with Gasteiger partial charge >= 0.3 is 18.2 Å². The minimum Gasteiger partial charge on any atom is -0.466 e. The molecule has 0 N–H and O–H groups in total. The number of piperidine rings is 1. The molecule has 1 aliphatic heterocycles. The largest absolute Gasteiger partial charge is 0.466 e. The molecule has 29 heavy (non-hydrogen) atoms. The summed E-state index contributed by atoms with van der Waals surface area (Å²) < 4.78 is 48.8. The Morgan fingerprint density at radius 2 is 1.93 bits per heavy atom. The van der Waals surface area contributed by atoms with Crippen molar-refractivity contribution in [2.24, 2.45) is 5.92 Å². The highest BCUT2D eigenvalue weighted by Crippen LogP contribution is 2.38. The van der Waals surface area contributed by atoms with Crippen LogP contribution in [0.2, 0.25) is 0 Å². The second-order valence-corrected chi connectivity index (χ2v) is 6.92. The van der Waals surface area contributed by atoms with Gasteiger partial charge in [-0.25, -0.2) is 4.79 Å². The summed E-state index contributed by atoms with van der Waals surface area (Å²) in [6.45, 7) is 3.35. The van der Waals surface area contributed by atoms with E-state index in [0.717, 1.165) is 6.07 Å². The van der Waals surface area contributed by atoms with Crippen LogP contribution in [0.25, 0.3) is 0 Å². The van der Waals surface area contributed by atoms with Crippen molar-refractivity contribution in [2.75, 3.05) is 20.3 Å². The Balaban J connectivity index is 2.28. The molecule has 2 unspecified atom stereocenters. The van der Waals surface area contributed by atoms with Crippen LogP contribution in [0.4, 0.5) is 18.0 Å². The summed E-state index contributed by atoms with van der Waals surface area (Å²) in [5.74, 6) is -1.43. The summed E-state index contributed by atoms with van der Waals surface area (Å²) in [6, 6.07) is 3.04. The van der Waals surface area contributed by atoms with Gasteiger partial charge in [-0.1, -0.05) is 12.1 Å². The number of hydrogen-bond acceptors (Lipinski definition) is 5. The molecule has 9 heteroatoms. The lowest BCUT2D eigenvalue weighted by molar-refractivity contribution is -0.146. The van der Waals surface area contributed by atoms with E-state index < -0.39 is 35.8 Å². The summed E-state index contributed by atoms with van der Waals surface area (Å²) in [7, 11) is 1.22. The van der Waals surface area contributed by atoms with E-state index in [0.29, 0.717) is 12.0 Å². The number of methoxy groups -OCH3 is 1. The minimum absolute atomic E-state index is 0.0276. The molecule has 1 amide bonds. The molecule has 0 spiro atoms. The van der Waals surface area contributed by atoms with Crippen LogP contribution >= 0.6 is 0 Å². The van der Waals surface area contributed by atoms with Crippen molar-refractivity contribution in [2.45, 2.75) is 45.3 Å². The van der Waals surface area contributed by atoms with Gasteiger partial charge in [0.05, 0.1) is 25.3 Å². The van der Waals surface area contributed by atoms with Gasteiger partial charge in [-0.3, -0.25) is 9.59 Å². The van der Waals surface area contributed by atoms with Crippen LogP contribution in [-0.4, -0.2) is 43.0 Å². The Bertz CT molecular complexity index is 778. The summed E-state index contributed by atoms with van der Waals surface area (Å²) in [5.41, 5.74) is -0.245.